The summed E-state index contributed by atoms with van der Waals surface area (Å²) in [4.78, 5) is 12.7. The molecule has 7 heteroatoms. The molecule has 0 aliphatic heterocycles. The fraction of sp³-hybridized carbons (Fsp3) is 0.316. The Kier molecular flexibility index (Phi) is 10.7. The number of halogens is 2. The van der Waals surface area contributed by atoms with Crippen LogP contribution in [0.5, 0.6) is 11.5 Å². The van der Waals surface area contributed by atoms with Crippen LogP contribution in [0.25, 0.3) is 0 Å². The number of rotatable bonds is 9. The first kappa shape index (κ1) is 23.4. The fourth-order valence-corrected chi connectivity index (χ4v) is 3.95. The predicted molar refractivity (Wildman–Crippen MR) is 107 cm³/mol. The van der Waals surface area contributed by atoms with Crippen LogP contribution in [0.15, 0.2) is 36.4 Å². The molecule has 2 aromatic carbocycles. The standard InChI is InChI=1S/C19H21Cl2O3P.Li/c1-3-10-23-13-8-9-17(16(12-13)24-11-4-2)25-19(22)18-14(20)6-5-7-15(18)21;/h5-9,12,25H,3-4,10-11H2,1-2H3;/q;+1. The van der Waals surface area contributed by atoms with Gasteiger partial charge < -0.3 is 9.47 Å². The van der Waals surface area contributed by atoms with Crippen molar-refractivity contribution in [2.75, 3.05) is 13.2 Å². The summed E-state index contributed by atoms with van der Waals surface area (Å²) in [5.41, 5.74) is 0.246. The van der Waals surface area contributed by atoms with E-state index in [9.17, 15) is 4.79 Å². The van der Waals surface area contributed by atoms with Crippen LogP contribution in [0.2, 0.25) is 10.0 Å². The molecule has 0 saturated heterocycles. The number of hydrogen-bond acceptors (Lipinski definition) is 3. The van der Waals surface area contributed by atoms with Crippen molar-refractivity contribution < 1.29 is 33.1 Å². The Bertz CT molecular complexity index is 720. The second-order valence-electron chi connectivity index (χ2n) is 5.41. The topological polar surface area (TPSA) is 35.5 Å². The van der Waals surface area contributed by atoms with Crippen LogP contribution in [-0.2, 0) is 0 Å². The molecule has 0 radical (unpaired) electrons. The van der Waals surface area contributed by atoms with E-state index in [1.807, 2.05) is 25.1 Å². The summed E-state index contributed by atoms with van der Waals surface area (Å²) >= 11 is 12.3. The molecular weight excluding hydrogens is 385 g/mol. The minimum absolute atomic E-state index is 0. The Hall–Kier alpha value is -0.683. The van der Waals surface area contributed by atoms with E-state index in [0.29, 0.717) is 34.6 Å². The van der Waals surface area contributed by atoms with Gasteiger partial charge in [0, 0.05) is 11.4 Å². The molecule has 0 aliphatic carbocycles. The molecule has 26 heavy (non-hydrogen) atoms. The normalized spacial score (nSPS) is 10.6. The summed E-state index contributed by atoms with van der Waals surface area (Å²) in [7, 11) is -0.131. The fourth-order valence-electron chi connectivity index (χ4n) is 2.15. The summed E-state index contributed by atoms with van der Waals surface area (Å²) in [5.74, 6) is 1.41. The van der Waals surface area contributed by atoms with Gasteiger partial charge in [-0.1, -0.05) is 43.1 Å². The van der Waals surface area contributed by atoms with Crippen molar-refractivity contribution in [3.8, 4) is 11.5 Å². The number of benzene rings is 2. The molecule has 2 rings (SSSR count). The largest absolute Gasteiger partial charge is 1.00 e. The van der Waals surface area contributed by atoms with E-state index >= 15 is 0 Å². The molecule has 0 aliphatic rings. The SMILES string of the molecule is CCCOc1ccc(PC(=O)c2c(Cl)cccc2Cl)c(OCCC)c1.[Li+]. The van der Waals surface area contributed by atoms with E-state index < -0.39 is 0 Å². The molecule has 134 valence electrons. The van der Waals surface area contributed by atoms with Gasteiger partial charge in [0.2, 0.25) is 0 Å². The van der Waals surface area contributed by atoms with Crippen molar-refractivity contribution in [2.45, 2.75) is 26.7 Å². The molecule has 1 unspecified atom stereocenters. The maximum atomic E-state index is 12.7. The van der Waals surface area contributed by atoms with E-state index in [-0.39, 0.29) is 33.0 Å². The molecule has 2 aromatic rings. The summed E-state index contributed by atoms with van der Waals surface area (Å²) in [5, 5.41) is 1.55. The zero-order valence-corrected chi connectivity index (χ0v) is 17.8. The average molecular weight is 406 g/mol. The van der Waals surface area contributed by atoms with Gasteiger partial charge in [0.15, 0.2) is 5.52 Å². The van der Waals surface area contributed by atoms with Gasteiger partial charge in [-0.3, -0.25) is 4.79 Å². The summed E-state index contributed by atoms with van der Waals surface area (Å²) in [6.45, 7) is 5.31. The van der Waals surface area contributed by atoms with Gasteiger partial charge >= 0.3 is 18.9 Å². The van der Waals surface area contributed by atoms with Gasteiger partial charge in [0.25, 0.3) is 0 Å². The van der Waals surface area contributed by atoms with Gasteiger partial charge in [0.1, 0.15) is 11.5 Å². The minimum atomic E-state index is -0.131. The third kappa shape index (κ3) is 6.49. The van der Waals surface area contributed by atoms with Gasteiger partial charge in [0.05, 0.1) is 28.8 Å². The maximum Gasteiger partial charge on any atom is 1.00 e. The van der Waals surface area contributed by atoms with Crippen LogP contribution in [0.3, 0.4) is 0 Å². The quantitative estimate of drug-likeness (QED) is 0.475. The second-order valence-corrected chi connectivity index (χ2v) is 7.46. The Labute approximate surface area is 178 Å². The minimum Gasteiger partial charge on any atom is -0.493 e. The molecule has 0 bridgehead atoms. The maximum absolute atomic E-state index is 12.7. The van der Waals surface area contributed by atoms with Crippen molar-refractivity contribution >= 4 is 42.6 Å². The van der Waals surface area contributed by atoms with Crippen LogP contribution < -0.4 is 33.6 Å². The molecule has 0 saturated carbocycles. The summed E-state index contributed by atoms with van der Waals surface area (Å²) in [6.07, 6.45) is 1.81. The monoisotopic (exact) mass is 405 g/mol. The van der Waals surface area contributed by atoms with Crippen LogP contribution >= 0.6 is 31.8 Å². The number of carbonyl (C=O) groups excluding carboxylic acids is 1. The summed E-state index contributed by atoms with van der Waals surface area (Å²) < 4.78 is 11.5. The van der Waals surface area contributed by atoms with Crippen LogP contribution in [0.1, 0.15) is 37.0 Å². The van der Waals surface area contributed by atoms with Crippen molar-refractivity contribution in [3.05, 3.63) is 52.0 Å². The van der Waals surface area contributed by atoms with Crippen LogP contribution in [0, 0.1) is 0 Å². The first-order valence-corrected chi connectivity index (χ1v) is 9.97. The molecule has 0 N–H and O–H groups in total. The van der Waals surface area contributed by atoms with Gasteiger partial charge in [-0.2, -0.15) is 0 Å². The first-order valence-electron chi connectivity index (χ1n) is 8.21. The zero-order valence-electron chi connectivity index (χ0n) is 15.3. The Balaban J connectivity index is 0.00000338. The molecule has 0 amide bonds. The molecule has 0 aromatic heterocycles. The van der Waals surface area contributed by atoms with Crippen molar-refractivity contribution in [3.63, 3.8) is 0 Å². The molecule has 3 nitrogen and oxygen atoms in total. The molecule has 1 atom stereocenters. The number of hydrogen-bond donors (Lipinski definition) is 0. The van der Waals surface area contributed by atoms with Crippen molar-refractivity contribution in [2.24, 2.45) is 0 Å². The first-order chi connectivity index (χ1) is 12.1. The van der Waals surface area contributed by atoms with E-state index in [2.05, 4.69) is 6.92 Å². The van der Waals surface area contributed by atoms with Crippen LogP contribution in [0.4, 0.5) is 0 Å². The van der Waals surface area contributed by atoms with Crippen molar-refractivity contribution in [1.29, 1.82) is 0 Å². The Morgan fingerprint density at radius 3 is 2.23 bits per heavy atom. The average Bonchev–Trinajstić information content (AvgIpc) is 2.59. The predicted octanol–water partition coefficient (Wildman–Crippen LogP) is 2.72. The number of carbonyl (C=O) groups is 1. The van der Waals surface area contributed by atoms with Gasteiger partial charge in [-0.25, -0.2) is 0 Å². The molecular formula is C19H21Cl2LiO3P+. The Morgan fingerprint density at radius 2 is 1.62 bits per heavy atom. The van der Waals surface area contributed by atoms with Crippen LogP contribution in [-0.4, -0.2) is 18.7 Å². The third-order valence-electron chi connectivity index (χ3n) is 3.33. The summed E-state index contributed by atoms with van der Waals surface area (Å²) in [6, 6.07) is 10.6. The molecule has 0 spiro atoms. The van der Waals surface area contributed by atoms with E-state index in [1.165, 1.54) is 0 Å². The van der Waals surface area contributed by atoms with Gasteiger partial charge in [-0.15, -0.1) is 0 Å². The van der Waals surface area contributed by atoms with E-state index in [4.69, 9.17) is 32.7 Å². The Morgan fingerprint density at radius 1 is 1.00 bits per heavy atom. The molecule has 0 fully saturated rings. The van der Waals surface area contributed by atoms with E-state index in [1.54, 1.807) is 18.2 Å². The third-order valence-corrected chi connectivity index (χ3v) is 5.12. The van der Waals surface area contributed by atoms with Gasteiger partial charge in [-0.05, 0) is 45.7 Å². The van der Waals surface area contributed by atoms with E-state index in [0.717, 1.165) is 23.9 Å². The van der Waals surface area contributed by atoms with Crippen molar-refractivity contribution in [1.82, 2.24) is 0 Å². The zero-order chi connectivity index (χ0) is 18.2. The molecule has 0 heterocycles. The number of ether oxygens (including phenoxy) is 2. The smallest absolute Gasteiger partial charge is 0.493 e. The second kappa shape index (κ2) is 11.9.